The Morgan fingerprint density at radius 1 is 0.960 bits per heavy atom. The van der Waals surface area contributed by atoms with Gasteiger partial charge in [-0.3, -0.25) is 0 Å². The third-order valence-corrected chi connectivity index (χ3v) is 5.32. The minimum absolute atomic E-state index is 0.244. The van der Waals surface area contributed by atoms with Crippen LogP contribution in [0.3, 0.4) is 0 Å². The lowest BCUT2D eigenvalue weighted by molar-refractivity contribution is 0.415. The smallest absolute Gasteiger partial charge is 0.148 e. The summed E-state index contributed by atoms with van der Waals surface area (Å²) in [6, 6.07) is 14.3. The normalized spacial score (nSPS) is 10.9. The van der Waals surface area contributed by atoms with Crippen molar-refractivity contribution in [2.24, 2.45) is 0 Å². The largest absolute Gasteiger partial charge is 0.497 e. The highest BCUT2D eigenvalue weighted by Gasteiger charge is 2.20. The SMILES string of the molecule is CCCCc1c(-c2ccc(OC)cc2)oc(-c2ccc(F)cc2)c1I. The van der Waals surface area contributed by atoms with Crippen molar-refractivity contribution >= 4 is 22.6 Å². The van der Waals surface area contributed by atoms with Crippen molar-refractivity contribution in [3.05, 3.63) is 63.5 Å². The van der Waals surface area contributed by atoms with E-state index in [4.69, 9.17) is 9.15 Å². The summed E-state index contributed by atoms with van der Waals surface area (Å²) in [6.45, 7) is 2.18. The summed E-state index contributed by atoms with van der Waals surface area (Å²) >= 11 is 2.34. The number of methoxy groups -OCH3 is 1. The molecule has 2 nitrogen and oxygen atoms in total. The molecule has 1 aromatic heterocycles. The van der Waals surface area contributed by atoms with Crippen LogP contribution in [0.4, 0.5) is 4.39 Å². The van der Waals surface area contributed by atoms with E-state index < -0.39 is 0 Å². The molecule has 0 radical (unpaired) electrons. The molecule has 0 bridgehead atoms. The van der Waals surface area contributed by atoms with E-state index in [1.807, 2.05) is 24.3 Å². The van der Waals surface area contributed by atoms with Gasteiger partial charge in [-0.05, 0) is 84.0 Å². The molecule has 0 saturated heterocycles. The van der Waals surface area contributed by atoms with E-state index in [-0.39, 0.29) is 5.82 Å². The Morgan fingerprint density at radius 2 is 1.56 bits per heavy atom. The standard InChI is InChI=1S/C21H20FIO2/c1-3-4-5-18-19(23)21(15-6-10-16(22)11-7-15)25-20(18)14-8-12-17(24-2)13-9-14/h6-13H,3-5H2,1-2H3. The van der Waals surface area contributed by atoms with Crippen molar-refractivity contribution in [3.63, 3.8) is 0 Å². The van der Waals surface area contributed by atoms with Gasteiger partial charge in [-0.1, -0.05) is 13.3 Å². The molecule has 130 valence electrons. The van der Waals surface area contributed by atoms with Crippen LogP contribution in [0, 0.1) is 9.39 Å². The monoisotopic (exact) mass is 450 g/mol. The lowest BCUT2D eigenvalue weighted by Gasteiger charge is -2.04. The maximum absolute atomic E-state index is 13.2. The molecule has 0 aliphatic heterocycles. The van der Waals surface area contributed by atoms with Gasteiger partial charge in [0, 0.05) is 16.7 Å². The third-order valence-electron chi connectivity index (χ3n) is 4.18. The Morgan fingerprint density at radius 3 is 2.16 bits per heavy atom. The minimum Gasteiger partial charge on any atom is -0.497 e. The second kappa shape index (κ2) is 8.04. The van der Waals surface area contributed by atoms with Crippen molar-refractivity contribution in [2.45, 2.75) is 26.2 Å². The summed E-state index contributed by atoms with van der Waals surface area (Å²) in [6.07, 6.45) is 3.18. The molecule has 0 aliphatic carbocycles. The van der Waals surface area contributed by atoms with E-state index in [0.717, 1.165) is 51.2 Å². The summed E-state index contributed by atoms with van der Waals surface area (Å²) in [4.78, 5) is 0. The van der Waals surface area contributed by atoms with Crippen molar-refractivity contribution in [3.8, 4) is 28.4 Å². The molecule has 0 spiro atoms. The van der Waals surface area contributed by atoms with Gasteiger partial charge in [0.1, 0.15) is 23.1 Å². The summed E-state index contributed by atoms with van der Waals surface area (Å²) in [5.41, 5.74) is 3.13. The van der Waals surface area contributed by atoms with Crippen molar-refractivity contribution < 1.29 is 13.5 Å². The summed E-state index contributed by atoms with van der Waals surface area (Å²) in [5.74, 6) is 2.27. The number of halogens is 2. The van der Waals surface area contributed by atoms with Crippen LogP contribution in [0.5, 0.6) is 5.75 Å². The predicted octanol–water partition coefficient (Wildman–Crippen LogP) is 6.71. The van der Waals surface area contributed by atoms with E-state index >= 15 is 0 Å². The molecule has 0 amide bonds. The van der Waals surface area contributed by atoms with Crippen LogP contribution in [-0.2, 0) is 6.42 Å². The first-order valence-corrected chi connectivity index (χ1v) is 9.43. The zero-order chi connectivity index (χ0) is 17.8. The van der Waals surface area contributed by atoms with E-state index in [0.29, 0.717) is 0 Å². The Kier molecular flexibility index (Phi) is 5.78. The number of hydrogen-bond donors (Lipinski definition) is 0. The summed E-state index contributed by atoms with van der Waals surface area (Å²) in [5, 5.41) is 0. The third kappa shape index (κ3) is 3.89. The second-order valence-electron chi connectivity index (χ2n) is 5.89. The average molecular weight is 450 g/mol. The minimum atomic E-state index is -0.244. The van der Waals surface area contributed by atoms with Gasteiger partial charge in [0.15, 0.2) is 0 Å². The molecule has 0 aliphatic rings. The molecule has 3 aromatic rings. The molecular formula is C21H20FIO2. The van der Waals surface area contributed by atoms with Gasteiger partial charge < -0.3 is 9.15 Å². The van der Waals surface area contributed by atoms with Crippen LogP contribution in [-0.4, -0.2) is 7.11 Å². The molecule has 0 fully saturated rings. The fourth-order valence-corrected chi connectivity index (χ4v) is 3.72. The molecule has 2 aromatic carbocycles. The number of hydrogen-bond acceptors (Lipinski definition) is 2. The fraction of sp³-hybridized carbons (Fsp3) is 0.238. The predicted molar refractivity (Wildman–Crippen MR) is 107 cm³/mol. The lowest BCUT2D eigenvalue weighted by Crippen LogP contribution is -1.89. The van der Waals surface area contributed by atoms with E-state index in [9.17, 15) is 4.39 Å². The topological polar surface area (TPSA) is 22.4 Å². The Balaban J connectivity index is 2.08. The first-order valence-electron chi connectivity index (χ1n) is 8.35. The van der Waals surface area contributed by atoms with Crippen LogP contribution in [0.25, 0.3) is 22.6 Å². The Hall–Kier alpha value is -1.82. The first kappa shape index (κ1) is 18.0. The summed E-state index contributed by atoms with van der Waals surface area (Å²) < 4.78 is 25.8. The molecule has 0 atom stereocenters. The quantitative estimate of drug-likeness (QED) is 0.390. The number of furan rings is 1. The van der Waals surface area contributed by atoms with Crippen molar-refractivity contribution in [1.29, 1.82) is 0 Å². The molecule has 1 heterocycles. The van der Waals surface area contributed by atoms with Crippen LogP contribution in [0.1, 0.15) is 25.3 Å². The molecular weight excluding hydrogens is 430 g/mol. The molecule has 0 saturated carbocycles. The van der Waals surface area contributed by atoms with Gasteiger partial charge >= 0.3 is 0 Å². The maximum atomic E-state index is 13.2. The van der Waals surface area contributed by atoms with Gasteiger partial charge in [0.2, 0.25) is 0 Å². The lowest BCUT2D eigenvalue weighted by atomic mass is 10.0. The molecule has 0 unspecified atom stereocenters. The fourth-order valence-electron chi connectivity index (χ4n) is 2.78. The number of unbranched alkanes of at least 4 members (excludes halogenated alkanes) is 1. The van der Waals surface area contributed by atoms with Gasteiger partial charge in [-0.2, -0.15) is 0 Å². The van der Waals surface area contributed by atoms with Crippen LogP contribution in [0.15, 0.2) is 52.9 Å². The number of benzene rings is 2. The van der Waals surface area contributed by atoms with E-state index in [1.54, 1.807) is 19.2 Å². The maximum Gasteiger partial charge on any atom is 0.148 e. The van der Waals surface area contributed by atoms with Gasteiger partial charge in [-0.25, -0.2) is 4.39 Å². The van der Waals surface area contributed by atoms with Crippen LogP contribution in [0.2, 0.25) is 0 Å². The van der Waals surface area contributed by atoms with Crippen LogP contribution >= 0.6 is 22.6 Å². The van der Waals surface area contributed by atoms with Crippen LogP contribution < -0.4 is 4.74 Å². The van der Waals surface area contributed by atoms with Crippen molar-refractivity contribution in [1.82, 2.24) is 0 Å². The van der Waals surface area contributed by atoms with E-state index in [1.165, 1.54) is 17.7 Å². The van der Waals surface area contributed by atoms with Gasteiger partial charge in [-0.15, -0.1) is 0 Å². The zero-order valence-corrected chi connectivity index (χ0v) is 16.5. The second-order valence-corrected chi connectivity index (χ2v) is 6.97. The zero-order valence-electron chi connectivity index (χ0n) is 14.3. The molecule has 25 heavy (non-hydrogen) atoms. The molecule has 3 rings (SSSR count). The highest BCUT2D eigenvalue weighted by Crippen LogP contribution is 2.39. The average Bonchev–Trinajstić information content (AvgIpc) is 2.97. The summed E-state index contributed by atoms with van der Waals surface area (Å²) in [7, 11) is 1.66. The van der Waals surface area contributed by atoms with Gasteiger partial charge in [0.25, 0.3) is 0 Å². The first-order chi connectivity index (χ1) is 12.1. The Bertz CT molecular complexity index is 836. The van der Waals surface area contributed by atoms with Gasteiger partial charge in [0.05, 0.1) is 10.7 Å². The number of ether oxygens (including phenoxy) is 1. The molecule has 4 heteroatoms. The number of rotatable bonds is 6. The highest BCUT2D eigenvalue weighted by atomic mass is 127. The highest BCUT2D eigenvalue weighted by molar-refractivity contribution is 14.1. The Labute approximate surface area is 161 Å². The van der Waals surface area contributed by atoms with E-state index in [2.05, 4.69) is 29.5 Å². The van der Waals surface area contributed by atoms with Crippen molar-refractivity contribution in [2.75, 3.05) is 7.11 Å². The molecule has 0 N–H and O–H groups in total.